The molecule has 1 saturated heterocycles. The van der Waals surface area contributed by atoms with Gasteiger partial charge < -0.3 is 5.11 Å². The van der Waals surface area contributed by atoms with E-state index < -0.39 is 6.29 Å². The van der Waals surface area contributed by atoms with Crippen LogP contribution >= 0.6 is 0 Å². The van der Waals surface area contributed by atoms with Gasteiger partial charge in [0.05, 0.1) is 6.54 Å². The van der Waals surface area contributed by atoms with Gasteiger partial charge >= 0.3 is 0 Å². The Morgan fingerprint density at radius 2 is 2.56 bits per heavy atom. The maximum Gasteiger partial charge on any atom is 0.243 e. The number of hydrogen-bond donors (Lipinski definition) is 1. The number of aliphatic hydroxyl groups is 1. The van der Waals surface area contributed by atoms with E-state index in [9.17, 15) is 4.79 Å². The molecule has 1 amide bonds. The number of carbonyl (C=O) groups is 1. The van der Waals surface area contributed by atoms with Gasteiger partial charge in [0.1, 0.15) is 0 Å². The predicted octanol–water partition coefficient (Wildman–Crippen LogP) is -0.511. The molecule has 1 fully saturated rings. The first kappa shape index (κ1) is 6.51. The van der Waals surface area contributed by atoms with E-state index in [0.717, 1.165) is 5.06 Å². The molecule has 0 bridgehead atoms. The van der Waals surface area contributed by atoms with E-state index in [1.54, 1.807) is 0 Å². The Labute approximate surface area is 53.0 Å². The zero-order chi connectivity index (χ0) is 6.85. The Morgan fingerprint density at radius 3 is 2.78 bits per heavy atom. The zero-order valence-corrected chi connectivity index (χ0v) is 5.20. The molecule has 1 atom stereocenters. The molecule has 0 aliphatic carbocycles. The van der Waals surface area contributed by atoms with Crippen LogP contribution in [0.5, 0.6) is 0 Å². The van der Waals surface area contributed by atoms with E-state index in [4.69, 9.17) is 5.11 Å². The summed E-state index contributed by atoms with van der Waals surface area (Å²) in [6.07, 6.45) is -0.270. The molecule has 52 valence electrons. The van der Waals surface area contributed by atoms with E-state index in [1.165, 1.54) is 6.92 Å². The van der Waals surface area contributed by atoms with E-state index in [0.29, 0.717) is 13.0 Å². The van der Waals surface area contributed by atoms with E-state index >= 15 is 0 Å². The third-order valence-electron chi connectivity index (χ3n) is 1.18. The van der Waals surface area contributed by atoms with Gasteiger partial charge in [-0.05, 0) is 0 Å². The topological polar surface area (TPSA) is 49.8 Å². The molecular weight excluding hydrogens is 122 g/mol. The quantitative estimate of drug-likeness (QED) is 0.481. The summed E-state index contributed by atoms with van der Waals surface area (Å²) < 4.78 is 0. The van der Waals surface area contributed by atoms with Crippen molar-refractivity contribution in [1.29, 1.82) is 0 Å². The van der Waals surface area contributed by atoms with Crippen molar-refractivity contribution in [3.8, 4) is 0 Å². The van der Waals surface area contributed by atoms with E-state index in [-0.39, 0.29) is 5.91 Å². The summed E-state index contributed by atoms with van der Waals surface area (Å²) >= 11 is 0. The predicted molar refractivity (Wildman–Crippen MR) is 29.1 cm³/mol. The van der Waals surface area contributed by atoms with Crippen molar-refractivity contribution < 1.29 is 14.7 Å². The third kappa shape index (κ3) is 1.40. The number of hydroxylamine groups is 2. The lowest BCUT2D eigenvalue weighted by Crippen LogP contribution is -2.24. The minimum Gasteiger partial charge on any atom is -0.366 e. The van der Waals surface area contributed by atoms with Crippen LogP contribution in [0.15, 0.2) is 0 Å². The fraction of sp³-hybridized carbons (Fsp3) is 0.800. The fourth-order valence-electron chi connectivity index (χ4n) is 0.712. The molecule has 1 aliphatic rings. The molecule has 1 rings (SSSR count). The average Bonchev–Trinajstić information content (AvgIpc) is 2.14. The van der Waals surface area contributed by atoms with E-state index in [2.05, 4.69) is 4.84 Å². The summed E-state index contributed by atoms with van der Waals surface area (Å²) in [4.78, 5) is 15.1. The molecule has 4 nitrogen and oxygen atoms in total. The highest BCUT2D eigenvalue weighted by Gasteiger charge is 2.22. The first-order valence-corrected chi connectivity index (χ1v) is 2.83. The van der Waals surface area contributed by atoms with Gasteiger partial charge in [-0.1, -0.05) is 0 Å². The molecule has 1 N–H and O–H groups in total. The molecule has 0 aromatic heterocycles. The average molecular weight is 131 g/mol. The lowest BCUT2D eigenvalue weighted by Gasteiger charge is -2.10. The first-order chi connectivity index (χ1) is 4.20. The second-order valence-corrected chi connectivity index (χ2v) is 1.97. The van der Waals surface area contributed by atoms with Crippen LogP contribution in [0.25, 0.3) is 0 Å². The third-order valence-corrected chi connectivity index (χ3v) is 1.18. The highest BCUT2D eigenvalue weighted by molar-refractivity contribution is 5.72. The SMILES string of the molecule is CC(=O)N1CCC(O)O1. The highest BCUT2D eigenvalue weighted by Crippen LogP contribution is 2.09. The number of nitrogens with zero attached hydrogens (tertiary/aromatic N) is 1. The molecular formula is C5H9NO3. The van der Waals surface area contributed by atoms with Crippen LogP contribution in [0.3, 0.4) is 0 Å². The maximum absolute atomic E-state index is 10.5. The number of rotatable bonds is 0. The van der Waals surface area contributed by atoms with Gasteiger partial charge in [-0.3, -0.25) is 4.79 Å². The van der Waals surface area contributed by atoms with Crippen molar-refractivity contribution in [3.05, 3.63) is 0 Å². The van der Waals surface area contributed by atoms with Crippen LogP contribution in [-0.2, 0) is 9.63 Å². The first-order valence-electron chi connectivity index (χ1n) is 2.83. The van der Waals surface area contributed by atoms with Crippen LogP contribution in [0.2, 0.25) is 0 Å². The molecule has 0 saturated carbocycles. The summed E-state index contributed by atoms with van der Waals surface area (Å²) in [6, 6.07) is 0. The maximum atomic E-state index is 10.5. The van der Waals surface area contributed by atoms with Crippen LogP contribution in [0.4, 0.5) is 0 Å². The molecule has 9 heavy (non-hydrogen) atoms. The van der Waals surface area contributed by atoms with Crippen LogP contribution in [0, 0.1) is 0 Å². The van der Waals surface area contributed by atoms with Gasteiger partial charge in [0.25, 0.3) is 0 Å². The lowest BCUT2D eigenvalue weighted by atomic mass is 10.4. The number of amides is 1. The van der Waals surface area contributed by atoms with Crippen molar-refractivity contribution >= 4 is 5.91 Å². The molecule has 1 unspecified atom stereocenters. The summed E-state index contributed by atoms with van der Waals surface area (Å²) in [6.45, 7) is 1.90. The van der Waals surface area contributed by atoms with Crippen molar-refractivity contribution in [3.63, 3.8) is 0 Å². The Kier molecular flexibility index (Phi) is 1.68. The van der Waals surface area contributed by atoms with Gasteiger partial charge in [-0.2, -0.15) is 0 Å². The molecule has 1 aliphatic heterocycles. The standard InChI is InChI=1S/C5H9NO3/c1-4(7)6-3-2-5(8)9-6/h5,8H,2-3H2,1H3. The number of aliphatic hydroxyl groups excluding tert-OH is 1. The Hall–Kier alpha value is -0.610. The van der Waals surface area contributed by atoms with Crippen molar-refractivity contribution in [2.24, 2.45) is 0 Å². The minimum atomic E-state index is -0.783. The molecule has 0 aromatic carbocycles. The van der Waals surface area contributed by atoms with Gasteiger partial charge in [-0.25, -0.2) is 9.90 Å². The lowest BCUT2D eigenvalue weighted by molar-refractivity contribution is -0.213. The van der Waals surface area contributed by atoms with Gasteiger partial charge in [0.2, 0.25) is 5.91 Å². The van der Waals surface area contributed by atoms with Gasteiger partial charge in [0.15, 0.2) is 6.29 Å². The second-order valence-electron chi connectivity index (χ2n) is 1.97. The minimum absolute atomic E-state index is 0.161. The van der Waals surface area contributed by atoms with Crippen LogP contribution in [0.1, 0.15) is 13.3 Å². The monoisotopic (exact) mass is 131 g/mol. The largest absolute Gasteiger partial charge is 0.366 e. The highest BCUT2D eigenvalue weighted by atomic mass is 16.8. The Balaban J connectivity index is 2.39. The van der Waals surface area contributed by atoms with E-state index in [1.807, 2.05) is 0 Å². The van der Waals surface area contributed by atoms with Crippen molar-refractivity contribution in [1.82, 2.24) is 5.06 Å². The van der Waals surface area contributed by atoms with Crippen LogP contribution < -0.4 is 0 Å². The summed E-state index contributed by atoms with van der Waals surface area (Å²) in [5.74, 6) is -0.161. The fourth-order valence-corrected chi connectivity index (χ4v) is 0.712. The number of hydrogen-bond acceptors (Lipinski definition) is 3. The second kappa shape index (κ2) is 2.33. The smallest absolute Gasteiger partial charge is 0.243 e. The summed E-state index contributed by atoms with van der Waals surface area (Å²) in [7, 11) is 0. The van der Waals surface area contributed by atoms with Gasteiger partial charge in [-0.15, -0.1) is 0 Å². The summed E-state index contributed by atoms with van der Waals surface area (Å²) in [5.41, 5.74) is 0. The molecule has 0 radical (unpaired) electrons. The zero-order valence-electron chi connectivity index (χ0n) is 5.20. The molecule has 0 aromatic rings. The summed E-state index contributed by atoms with van der Waals surface area (Å²) in [5, 5.41) is 9.89. The molecule has 1 heterocycles. The van der Waals surface area contributed by atoms with Gasteiger partial charge in [0, 0.05) is 13.3 Å². The molecule has 4 heteroatoms. The van der Waals surface area contributed by atoms with Crippen molar-refractivity contribution in [2.75, 3.05) is 6.54 Å². The normalized spacial score (nSPS) is 26.9. The Morgan fingerprint density at radius 1 is 1.89 bits per heavy atom. The Bertz CT molecular complexity index is 125. The molecule has 0 spiro atoms. The number of carbonyl (C=O) groups excluding carboxylic acids is 1. The van der Waals surface area contributed by atoms with Crippen LogP contribution in [-0.4, -0.2) is 28.9 Å². The van der Waals surface area contributed by atoms with Crippen molar-refractivity contribution in [2.45, 2.75) is 19.6 Å².